The lowest BCUT2D eigenvalue weighted by Gasteiger charge is -2.25. The van der Waals surface area contributed by atoms with Gasteiger partial charge in [-0.3, -0.25) is 19.2 Å². The van der Waals surface area contributed by atoms with Gasteiger partial charge >= 0.3 is 0 Å². The molecule has 1 aromatic rings. The number of carbonyl (C=O) groups is 4. The maximum absolute atomic E-state index is 13.0. The summed E-state index contributed by atoms with van der Waals surface area (Å²) in [5, 5.41) is 9.06. The number of Topliss-reactive ketones (excluding diaryl/α,β-unsaturated/α-hetero) is 2. The summed E-state index contributed by atoms with van der Waals surface area (Å²) in [4.78, 5) is 50.8. The number of nitrogens with one attached hydrogen (secondary N) is 2. The number of aryl methyl sites for hydroxylation is 1. The highest BCUT2D eigenvalue weighted by Crippen LogP contribution is 2.47. The third-order valence-electron chi connectivity index (χ3n) is 5.81. The molecule has 1 aliphatic rings. The van der Waals surface area contributed by atoms with E-state index >= 15 is 0 Å². The molecule has 0 unspecified atom stereocenters. The third kappa shape index (κ3) is 6.98. The predicted molar refractivity (Wildman–Crippen MR) is 117 cm³/mol. The SMILES string of the molecule is COC[C@H](CC(=O)[C@H](C)NC(=O)c1cc(C)on1)C(=O)N[C@@H](CC(C)C)C(=O)C1(C)CC1. The second-order valence-corrected chi connectivity index (χ2v) is 9.46. The van der Waals surface area contributed by atoms with Crippen LogP contribution in [0, 0.1) is 24.2 Å². The Labute approximate surface area is 189 Å². The monoisotopic (exact) mass is 449 g/mol. The van der Waals surface area contributed by atoms with Crippen LogP contribution >= 0.6 is 0 Å². The Morgan fingerprint density at radius 2 is 1.84 bits per heavy atom. The van der Waals surface area contributed by atoms with E-state index in [1.54, 1.807) is 13.8 Å². The standard InChI is InChI=1S/C23H35N3O6/c1-13(2)9-17(20(28)23(5)7-8-23)25-21(29)16(12-31-6)11-19(27)15(4)24-22(30)18-10-14(3)32-26-18/h10,13,15-17H,7-9,11-12H2,1-6H3,(H,24,30)(H,25,29)/t15-,16-,17-/m0/s1. The Kier molecular flexibility index (Phi) is 8.72. The molecule has 2 N–H and O–H groups in total. The van der Waals surface area contributed by atoms with Gasteiger partial charge in [0.15, 0.2) is 17.3 Å². The van der Waals surface area contributed by atoms with Gasteiger partial charge in [0.1, 0.15) is 5.76 Å². The number of ketones is 2. The molecule has 1 fully saturated rings. The Morgan fingerprint density at radius 3 is 2.34 bits per heavy atom. The first kappa shape index (κ1) is 25.7. The minimum atomic E-state index is -0.829. The molecule has 1 aromatic heterocycles. The van der Waals surface area contributed by atoms with E-state index in [1.807, 2.05) is 20.8 Å². The van der Waals surface area contributed by atoms with Gasteiger partial charge < -0.3 is 19.9 Å². The zero-order valence-electron chi connectivity index (χ0n) is 19.8. The lowest BCUT2D eigenvalue weighted by Crippen LogP contribution is -2.48. The Balaban J connectivity index is 2.00. The minimum Gasteiger partial charge on any atom is -0.384 e. The summed E-state index contributed by atoms with van der Waals surface area (Å²) in [7, 11) is 1.45. The quantitative estimate of drug-likeness (QED) is 0.473. The van der Waals surface area contributed by atoms with Gasteiger partial charge in [-0.15, -0.1) is 0 Å². The van der Waals surface area contributed by atoms with Crippen LogP contribution in [-0.2, 0) is 19.1 Å². The summed E-state index contributed by atoms with van der Waals surface area (Å²) in [6.07, 6.45) is 2.08. The molecular weight excluding hydrogens is 414 g/mol. The van der Waals surface area contributed by atoms with Crippen molar-refractivity contribution in [2.45, 2.75) is 72.4 Å². The number of methoxy groups -OCH3 is 1. The number of ether oxygens (including phenoxy) is 1. The van der Waals surface area contributed by atoms with Crippen LogP contribution in [0.3, 0.4) is 0 Å². The van der Waals surface area contributed by atoms with E-state index in [-0.39, 0.29) is 41.6 Å². The van der Waals surface area contributed by atoms with Crippen LogP contribution in [-0.4, -0.2) is 54.3 Å². The maximum Gasteiger partial charge on any atom is 0.274 e. The normalized spacial score (nSPS) is 17.3. The number of carbonyl (C=O) groups excluding carboxylic acids is 4. The Morgan fingerprint density at radius 1 is 1.19 bits per heavy atom. The van der Waals surface area contributed by atoms with Gasteiger partial charge in [0.25, 0.3) is 5.91 Å². The molecule has 1 aliphatic carbocycles. The molecule has 1 saturated carbocycles. The molecule has 0 radical (unpaired) electrons. The van der Waals surface area contributed by atoms with E-state index in [0.717, 1.165) is 12.8 Å². The largest absolute Gasteiger partial charge is 0.384 e. The summed E-state index contributed by atoms with van der Waals surface area (Å²) in [6, 6.07) is 0.0575. The Hall–Kier alpha value is -2.55. The zero-order chi connectivity index (χ0) is 24.1. The van der Waals surface area contributed by atoms with E-state index in [2.05, 4.69) is 15.8 Å². The molecule has 178 valence electrons. The number of hydrogen-bond acceptors (Lipinski definition) is 7. The van der Waals surface area contributed by atoms with Gasteiger partial charge in [-0.2, -0.15) is 0 Å². The first-order valence-corrected chi connectivity index (χ1v) is 11.1. The molecule has 0 saturated heterocycles. The third-order valence-corrected chi connectivity index (χ3v) is 5.81. The highest BCUT2D eigenvalue weighted by atomic mass is 16.5. The topological polar surface area (TPSA) is 128 Å². The molecule has 9 heteroatoms. The van der Waals surface area contributed by atoms with Crippen LogP contribution in [0.15, 0.2) is 10.6 Å². The highest BCUT2D eigenvalue weighted by molar-refractivity contribution is 5.98. The van der Waals surface area contributed by atoms with Crippen molar-refractivity contribution in [2.75, 3.05) is 13.7 Å². The smallest absolute Gasteiger partial charge is 0.274 e. The van der Waals surface area contributed by atoms with Crippen LogP contribution < -0.4 is 10.6 Å². The predicted octanol–water partition coefficient (Wildman–Crippen LogP) is 2.22. The van der Waals surface area contributed by atoms with Gasteiger partial charge in [-0.25, -0.2) is 0 Å². The number of amides is 2. The van der Waals surface area contributed by atoms with Crippen LogP contribution in [0.4, 0.5) is 0 Å². The molecule has 2 rings (SSSR count). The van der Waals surface area contributed by atoms with Crippen molar-refractivity contribution in [3.05, 3.63) is 17.5 Å². The first-order valence-electron chi connectivity index (χ1n) is 11.1. The van der Waals surface area contributed by atoms with Gasteiger partial charge in [0.2, 0.25) is 5.91 Å². The fraction of sp³-hybridized carbons (Fsp3) is 0.696. The van der Waals surface area contributed by atoms with Crippen molar-refractivity contribution < 1.29 is 28.4 Å². The summed E-state index contributed by atoms with van der Waals surface area (Å²) in [5.41, 5.74) is -0.283. The molecule has 0 bridgehead atoms. The zero-order valence-corrected chi connectivity index (χ0v) is 19.8. The van der Waals surface area contributed by atoms with Crippen LogP contribution in [0.25, 0.3) is 0 Å². The molecule has 9 nitrogen and oxygen atoms in total. The van der Waals surface area contributed by atoms with Gasteiger partial charge in [0, 0.05) is 25.0 Å². The van der Waals surface area contributed by atoms with Crippen LogP contribution in [0.5, 0.6) is 0 Å². The number of rotatable bonds is 13. The van der Waals surface area contributed by atoms with Crippen LogP contribution in [0.2, 0.25) is 0 Å². The van der Waals surface area contributed by atoms with Crippen molar-refractivity contribution >= 4 is 23.4 Å². The molecular formula is C23H35N3O6. The fourth-order valence-corrected chi connectivity index (χ4v) is 3.52. The summed E-state index contributed by atoms with van der Waals surface area (Å²) in [6.45, 7) is 9.16. The van der Waals surface area contributed by atoms with E-state index in [9.17, 15) is 19.2 Å². The second kappa shape index (κ2) is 10.8. The van der Waals surface area contributed by atoms with E-state index < -0.39 is 29.8 Å². The van der Waals surface area contributed by atoms with Crippen molar-refractivity contribution in [3.63, 3.8) is 0 Å². The van der Waals surface area contributed by atoms with Gasteiger partial charge in [0.05, 0.1) is 24.6 Å². The molecule has 0 aliphatic heterocycles. The molecule has 1 heterocycles. The van der Waals surface area contributed by atoms with E-state index in [1.165, 1.54) is 13.2 Å². The summed E-state index contributed by atoms with van der Waals surface area (Å²) in [5.74, 6) is -1.26. The second-order valence-electron chi connectivity index (χ2n) is 9.46. The van der Waals surface area contributed by atoms with E-state index in [0.29, 0.717) is 12.2 Å². The molecule has 2 amide bonds. The van der Waals surface area contributed by atoms with Crippen molar-refractivity contribution in [2.24, 2.45) is 17.3 Å². The summed E-state index contributed by atoms with van der Waals surface area (Å²) < 4.78 is 10.0. The average molecular weight is 450 g/mol. The lowest BCUT2D eigenvalue weighted by molar-refractivity contribution is -0.135. The van der Waals surface area contributed by atoms with Crippen molar-refractivity contribution in [1.29, 1.82) is 0 Å². The van der Waals surface area contributed by atoms with Gasteiger partial charge in [-0.1, -0.05) is 25.9 Å². The Bertz CT molecular complexity index is 843. The maximum atomic E-state index is 13.0. The molecule has 3 atom stereocenters. The van der Waals surface area contributed by atoms with Crippen LogP contribution in [0.1, 0.15) is 69.6 Å². The minimum absolute atomic E-state index is 0.0284. The highest BCUT2D eigenvalue weighted by Gasteiger charge is 2.48. The van der Waals surface area contributed by atoms with E-state index in [4.69, 9.17) is 9.26 Å². The number of aromatic nitrogens is 1. The van der Waals surface area contributed by atoms with Gasteiger partial charge in [-0.05, 0) is 39.0 Å². The molecule has 0 aromatic carbocycles. The average Bonchev–Trinajstić information content (AvgIpc) is 3.32. The summed E-state index contributed by atoms with van der Waals surface area (Å²) >= 11 is 0. The first-order chi connectivity index (χ1) is 15.0. The number of hydrogen-bond donors (Lipinski definition) is 2. The lowest BCUT2D eigenvalue weighted by atomic mass is 9.90. The molecule has 0 spiro atoms. The van der Waals surface area contributed by atoms with Crippen molar-refractivity contribution in [1.82, 2.24) is 15.8 Å². The number of nitrogens with zero attached hydrogens (tertiary/aromatic N) is 1. The molecule has 32 heavy (non-hydrogen) atoms. The van der Waals surface area contributed by atoms with Crippen molar-refractivity contribution in [3.8, 4) is 0 Å². The fourth-order valence-electron chi connectivity index (χ4n) is 3.52.